The SMILES string of the molecule is O=C(Oc1c(Cl)cncc1Cl)C(=O)c1cn(Cc2ccc(F)cc2)c2ccc(O)cc12. The number of nitrogens with zero attached hydrogens (tertiary/aromatic N) is 2. The molecule has 9 heteroatoms. The van der Waals surface area contributed by atoms with Gasteiger partial charge >= 0.3 is 5.97 Å². The molecule has 2 aromatic carbocycles. The first-order valence-electron chi connectivity index (χ1n) is 8.95. The molecule has 0 saturated heterocycles. The molecule has 0 aliphatic heterocycles. The zero-order chi connectivity index (χ0) is 22.1. The fourth-order valence-corrected chi connectivity index (χ4v) is 3.57. The van der Waals surface area contributed by atoms with Crippen molar-refractivity contribution in [1.82, 2.24) is 9.55 Å². The Morgan fingerprint density at radius 2 is 1.74 bits per heavy atom. The van der Waals surface area contributed by atoms with Crippen LogP contribution in [0.15, 0.2) is 61.1 Å². The zero-order valence-corrected chi connectivity index (χ0v) is 17.2. The molecule has 31 heavy (non-hydrogen) atoms. The number of halogens is 3. The van der Waals surface area contributed by atoms with E-state index in [1.54, 1.807) is 22.8 Å². The van der Waals surface area contributed by atoms with Crippen molar-refractivity contribution in [3.63, 3.8) is 0 Å². The Labute approximate surface area is 185 Å². The summed E-state index contributed by atoms with van der Waals surface area (Å²) in [6.45, 7) is 0.311. The highest BCUT2D eigenvalue weighted by Crippen LogP contribution is 2.32. The van der Waals surface area contributed by atoms with Gasteiger partial charge in [-0.1, -0.05) is 35.3 Å². The number of ether oxygens (including phenoxy) is 1. The van der Waals surface area contributed by atoms with Gasteiger partial charge < -0.3 is 14.4 Å². The Morgan fingerprint density at radius 3 is 2.42 bits per heavy atom. The maximum atomic E-state index is 13.2. The van der Waals surface area contributed by atoms with Crippen LogP contribution in [0.5, 0.6) is 11.5 Å². The molecule has 4 aromatic rings. The number of carbonyl (C=O) groups excluding carboxylic acids is 2. The van der Waals surface area contributed by atoms with Crippen molar-refractivity contribution in [1.29, 1.82) is 0 Å². The predicted molar refractivity (Wildman–Crippen MR) is 113 cm³/mol. The number of hydrogen-bond acceptors (Lipinski definition) is 5. The van der Waals surface area contributed by atoms with E-state index in [4.69, 9.17) is 27.9 Å². The fourth-order valence-electron chi connectivity index (χ4n) is 3.13. The third-order valence-electron chi connectivity index (χ3n) is 4.57. The van der Waals surface area contributed by atoms with Crippen LogP contribution in [0.1, 0.15) is 15.9 Å². The quantitative estimate of drug-likeness (QED) is 0.257. The van der Waals surface area contributed by atoms with E-state index in [2.05, 4.69) is 4.98 Å². The summed E-state index contributed by atoms with van der Waals surface area (Å²) < 4.78 is 20.0. The van der Waals surface area contributed by atoms with E-state index in [0.717, 1.165) is 5.56 Å². The van der Waals surface area contributed by atoms with Gasteiger partial charge in [0.2, 0.25) is 0 Å². The van der Waals surface area contributed by atoms with E-state index in [-0.39, 0.29) is 32.9 Å². The van der Waals surface area contributed by atoms with Crippen LogP contribution in [0.4, 0.5) is 4.39 Å². The summed E-state index contributed by atoms with van der Waals surface area (Å²) in [6, 6.07) is 10.4. The normalized spacial score (nSPS) is 10.9. The van der Waals surface area contributed by atoms with Crippen molar-refractivity contribution >= 4 is 45.9 Å². The number of hydrogen-bond donors (Lipinski definition) is 1. The molecule has 1 N–H and O–H groups in total. The lowest BCUT2D eigenvalue weighted by molar-refractivity contribution is -0.129. The summed E-state index contributed by atoms with van der Waals surface area (Å²) in [7, 11) is 0. The highest BCUT2D eigenvalue weighted by molar-refractivity contribution is 6.44. The van der Waals surface area contributed by atoms with Gasteiger partial charge in [-0.05, 0) is 35.9 Å². The molecular formula is C22H13Cl2FN2O4. The third kappa shape index (κ3) is 4.23. The lowest BCUT2D eigenvalue weighted by atomic mass is 10.1. The molecule has 0 spiro atoms. The minimum absolute atomic E-state index is 0.0231. The van der Waals surface area contributed by atoms with Crippen LogP contribution in [-0.4, -0.2) is 26.4 Å². The van der Waals surface area contributed by atoms with Gasteiger partial charge in [0.1, 0.15) is 21.6 Å². The van der Waals surface area contributed by atoms with Crippen LogP contribution in [0.3, 0.4) is 0 Å². The minimum Gasteiger partial charge on any atom is -0.508 e. The number of phenolic OH excluding ortho intramolecular Hbond substituents is 1. The first-order valence-corrected chi connectivity index (χ1v) is 9.71. The highest BCUT2D eigenvalue weighted by Gasteiger charge is 2.25. The first kappa shape index (κ1) is 20.8. The molecule has 4 rings (SSSR count). The molecule has 2 heterocycles. The molecule has 0 aliphatic carbocycles. The number of aromatic hydroxyl groups is 1. The molecule has 0 amide bonds. The van der Waals surface area contributed by atoms with E-state index >= 15 is 0 Å². The van der Waals surface area contributed by atoms with E-state index < -0.39 is 11.8 Å². The molecule has 2 aromatic heterocycles. The van der Waals surface area contributed by atoms with Crippen molar-refractivity contribution in [2.45, 2.75) is 6.54 Å². The Balaban J connectivity index is 1.71. The average Bonchev–Trinajstić information content (AvgIpc) is 3.09. The lowest BCUT2D eigenvalue weighted by Gasteiger charge is -2.06. The van der Waals surface area contributed by atoms with Crippen LogP contribution in [0.25, 0.3) is 10.9 Å². The van der Waals surface area contributed by atoms with Gasteiger partial charge in [0.05, 0.1) is 5.56 Å². The largest absolute Gasteiger partial charge is 0.508 e. The lowest BCUT2D eigenvalue weighted by Crippen LogP contribution is -2.20. The summed E-state index contributed by atoms with van der Waals surface area (Å²) in [5, 5.41) is 10.2. The second-order valence-electron chi connectivity index (χ2n) is 6.65. The molecule has 0 fully saturated rings. The number of Topliss-reactive ketones (excluding diaryl/α,β-unsaturated/α-hetero) is 1. The number of ketones is 1. The van der Waals surface area contributed by atoms with Crippen LogP contribution in [0.2, 0.25) is 10.0 Å². The van der Waals surface area contributed by atoms with Crippen LogP contribution < -0.4 is 4.74 Å². The molecule has 6 nitrogen and oxygen atoms in total. The summed E-state index contributed by atoms with van der Waals surface area (Å²) in [5.41, 5.74) is 1.40. The topological polar surface area (TPSA) is 81.4 Å². The van der Waals surface area contributed by atoms with E-state index in [1.807, 2.05) is 0 Å². The number of aromatic nitrogens is 2. The van der Waals surface area contributed by atoms with Crippen molar-refractivity contribution < 1.29 is 23.8 Å². The first-order chi connectivity index (χ1) is 14.8. The summed E-state index contributed by atoms with van der Waals surface area (Å²) in [6.07, 6.45) is 3.94. The van der Waals surface area contributed by atoms with Gasteiger partial charge in [-0.15, -0.1) is 0 Å². The Kier molecular flexibility index (Phi) is 5.63. The molecule has 0 saturated carbocycles. The molecule has 156 valence electrons. The Hall–Kier alpha value is -3.42. The smallest absolute Gasteiger partial charge is 0.385 e. The average molecular weight is 459 g/mol. The summed E-state index contributed by atoms with van der Waals surface area (Å²) in [5.74, 6) is -2.75. The van der Waals surface area contributed by atoms with Gasteiger partial charge in [0.25, 0.3) is 5.78 Å². The van der Waals surface area contributed by atoms with Gasteiger partial charge in [-0.2, -0.15) is 0 Å². The maximum absolute atomic E-state index is 13.2. The van der Waals surface area contributed by atoms with Crippen molar-refractivity contribution in [3.05, 3.63) is 88.0 Å². The number of carbonyl (C=O) groups is 2. The molecule has 0 atom stereocenters. The van der Waals surface area contributed by atoms with E-state index in [9.17, 15) is 19.1 Å². The minimum atomic E-state index is -1.20. The Bertz CT molecular complexity index is 1300. The summed E-state index contributed by atoms with van der Waals surface area (Å²) >= 11 is 11.9. The zero-order valence-electron chi connectivity index (χ0n) is 15.7. The fraction of sp³-hybridized carbons (Fsp3) is 0.0455. The number of rotatable bonds is 5. The van der Waals surface area contributed by atoms with Crippen LogP contribution >= 0.6 is 23.2 Å². The number of benzene rings is 2. The van der Waals surface area contributed by atoms with Gasteiger partial charge in [-0.3, -0.25) is 9.78 Å². The van der Waals surface area contributed by atoms with E-state index in [0.29, 0.717) is 17.4 Å². The van der Waals surface area contributed by atoms with E-state index in [1.165, 1.54) is 42.9 Å². The monoisotopic (exact) mass is 458 g/mol. The van der Waals surface area contributed by atoms with Crippen molar-refractivity contribution in [2.24, 2.45) is 0 Å². The van der Waals surface area contributed by atoms with Gasteiger partial charge in [0.15, 0.2) is 5.75 Å². The molecule has 0 unspecified atom stereocenters. The maximum Gasteiger partial charge on any atom is 0.385 e. The molecule has 0 radical (unpaired) electrons. The number of phenols is 1. The van der Waals surface area contributed by atoms with Crippen LogP contribution in [0, 0.1) is 5.82 Å². The van der Waals surface area contributed by atoms with Crippen LogP contribution in [-0.2, 0) is 11.3 Å². The second-order valence-corrected chi connectivity index (χ2v) is 7.46. The number of fused-ring (bicyclic) bond motifs is 1. The molecule has 0 bridgehead atoms. The van der Waals surface area contributed by atoms with Gasteiger partial charge in [0, 0.05) is 36.0 Å². The molecule has 0 aliphatic rings. The standard InChI is InChI=1S/C22H13Cl2FN2O4/c23-17-8-26-9-18(24)21(17)31-22(30)20(29)16-11-27(10-12-1-3-13(25)4-2-12)19-6-5-14(28)7-15(16)19/h1-9,11,28H,10H2. The van der Waals surface area contributed by atoms with Crippen molar-refractivity contribution in [3.8, 4) is 11.5 Å². The Morgan fingerprint density at radius 1 is 1.06 bits per heavy atom. The number of esters is 1. The van der Waals surface area contributed by atoms with Crippen molar-refractivity contribution in [2.75, 3.05) is 0 Å². The molecular weight excluding hydrogens is 446 g/mol. The third-order valence-corrected chi connectivity index (χ3v) is 5.10. The predicted octanol–water partition coefficient (Wildman–Crippen LogP) is 5.02. The highest BCUT2D eigenvalue weighted by atomic mass is 35.5. The second kappa shape index (κ2) is 8.37. The van der Waals surface area contributed by atoms with Gasteiger partial charge in [-0.25, -0.2) is 9.18 Å². The number of pyridine rings is 1. The summed E-state index contributed by atoms with van der Waals surface area (Å²) in [4.78, 5) is 29.2.